The predicted molar refractivity (Wildman–Crippen MR) is 80.4 cm³/mol. The highest BCUT2D eigenvalue weighted by atomic mass is 16.5. The Hall–Kier alpha value is -1.35. The number of carbonyl (C=O) groups is 1. The number of nitrogens with zero attached hydrogens (tertiary/aromatic N) is 1. The van der Waals surface area contributed by atoms with Gasteiger partial charge in [-0.1, -0.05) is 29.8 Å². The monoisotopic (exact) mass is 275 g/mol. The normalized spacial score (nSPS) is 19.8. The van der Waals surface area contributed by atoms with Crippen LogP contribution in [0.15, 0.2) is 24.3 Å². The molecule has 3 nitrogen and oxygen atoms in total. The number of ether oxygens (including phenoxy) is 1. The second-order valence-corrected chi connectivity index (χ2v) is 5.74. The lowest BCUT2D eigenvalue weighted by molar-refractivity contribution is -0.144. The number of piperidine rings is 1. The SMILES string of the molecule is CCOC(=O)CC1CCCN(Cc2cccc(C)c2)C1. The molecule has 0 amide bonds. The van der Waals surface area contributed by atoms with Crippen molar-refractivity contribution in [1.82, 2.24) is 4.90 Å². The molecule has 3 heteroatoms. The fourth-order valence-electron chi connectivity index (χ4n) is 2.99. The van der Waals surface area contributed by atoms with Crippen molar-refractivity contribution in [1.29, 1.82) is 0 Å². The van der Waals surface area contributed by atoms with E-state index in [1.165, 1.54) is 17.5 Å². The van der Waals surface area contributed by atoms with Crippen LogP contribution in [0.25, 0.3) is 0 Å². The standard InChI is InChI=1S/C17H25NO2/c1-3-20-17(19)11-16-8-5-9-18(13-16)12-15-7-4-6-14(2)10-15/h4,6-7,10,16H,3,5,8-9,11-13H2,1-2H3. The highest BCUT2D eigenvalue weighted by Gasteiger charge is 2.22. The minimum Gasteiger partial charge on any atom is -0.466 e. The van der Waals surface area contributed by atoms with Gasteiger partial charge in [-0.3, -0.25) is 9.69 Å². The lowest BCUT2D eigenvalue weighted by atomic mass is 9.94. The molecule has 1 aromatic carbocycles. The van der Waals surface area contributed by atoms with E-state index in [0.29, 0.717) is 18.9 Å². The molecule has 0 aromatic heterocycles. The second kappa shape index (κ2) is 7.44. The molecule has 0 aliphatic carbocycles. The van der Waals surface area contributed by atoms with Crippen molar-refractivity contribution >= 4 is 5.97 Å². The average Bonchev–Trinajstić information content (AvgIpc) is 2.39. The Balaban J connectivity index is 1.85. The highest BCUT2D eigenvalue weighted by Crippen LogP contribution is 2.21. The third-order valence-corrected chi connectivity index (χ3v) is 3.85. The van der Waals surface area contributed by atoms with Gasteiger partial charge in [0.25, 0.3) is 0 Å². The van der Waals surface area contributed by atoms with Gasteiger partial charge in [-0.05, 0) is 44.7 Å². The molecule has 0 bridgehead atoms. The summed E-state index contributed by atoms with van der Waals surface area (Å²) in [4.78, 5) is 14.0. The zero-order valence-corrected chi connectivity index (χ0v) is 12.6. The second-order valence-electron chi connectivity index (χ2n) is 5.74. The molecule has 20 heavy (non-hydrogen) atoms. The van der Waals surface area contributed by atoms with E-state index in [1.54, 1.807) is 0 Å². The summed E-state index contributed by atoms with van der Waals surface area (Å²) in [5.41, 5.74) is 2.67. The lowest BCUT2D eigenvalue weighted by Crippen LogP contribution is -2.36. The van der Waals surface area contributed by atoms with Crippen molar-refractivity contribution in [3.05, 3.63) is 35.4 Å². The summed E-state index contributed by atoms with van der Waals surface area (Å²) >= 11 is 0. The Bertz CT molecular complexity index is 444. The summed E-state index contributed by atoms with van der Waals surface area (Å²) in [5, 5.41) is 0. The Labute approximate surface area is 121 Å². The molecule has 0 N–H and O–H groups in total. The van der Waals surface area contributed by atoms with Gasteiger partial charge in [-0.15, -0.1) is 0 Å². The number of hydrogen-bond acceptors (Lipinski definition) is 3. The molecule has 0 saturated carbocycles. The molecule has 1 unspecified atom stereocenters. The van der Waals surface area contributed by atoms with Crippen LogP contribution in [0.4, 0.5) is 0 Å². The maximum atomic E-state index is 11.6. The number of likely N-dealkylation sites (tertiary alicyclic amines) is 1. The molecule has 110 valence electrons. The fraction of sp³-hybridized carbons (Fsp3) is 0.588. The van der Waals surface area contributed by atoms with E-state index in [-0.39, 0.29) is 5.97 Å². The molecule has 1 atom stereocenters. The van der Waals surface area contributed by atoms with Crippen molar-refractivity contribution in [3.8, 4) is 0 Å². The quantitative estimate of drug-likeness (QED) is 0.773. The predicted octanol–water partition coefficient (Wildman–Crippen LogP) is 3.16. The molecule has 0 radical (unpaired) electrons. The number of esters is 1. The van der Waals surface area contributed by atoms with Crippen molar-refractivity contribution in [2.75, 3.05) is 19.7 Å². The van der Waals surface area contributed by atoms with E-state index in [9.17, 15) is 4.79 Å². The molecule has 1 aliphatic rings. The molecule has 0 spiro atoms. The Morgan fingerprint density at radius 3 is 3.05 bits per heavy atom. The summed E-state index contributed by atoms with van der Waals surface area (Å²) in [7, 11) is 0. The van der Waals surface area contributed by atoms with Crippen LogP contribution in [0.5, 0.6) is 0 Å². The molecular formula is C17H25NO2. The highest BCUT2D eigenvalue weighted by molar-refractivity contribution is 5.69. The van der Waals surface area contributed by atoms with Gasteiger partial charge in [0.2, 0.25) is 0 Å². The van der Waals surface area contributed by atoms with Gasteiger partial charge in [0.05, 0.1) is 6.61 Å². The van der Waals surface area contributed by atoms with E-state index in [4.69, 9.17) is 4.74 Å². The first-order valence-electron chi connectivity index (χ1n) is 7.61. The smallest absolute Gasteiger partial charge is 0.306 e. The minimum absolute atomic E-state index is 0.0464. The molecule has 1 saturated heterocycles. The molecule has 1 aliphatic heterocycles. The first kappa shape index (κ1) is 15.0. The van der Waals surface area contributed by atoms with E-state index in [2.05, 4.69) is 36.1 Å². The molecular weight excluding hydrogens is 250 g/mol. The number of aryl methyl sites for hydroxylation is 1. The maximum absolute atomic E-state index is 11.6. The van der Waals surface area contributed by atoms with Gasteiger partial charge in [0, 0.05) is 19.5 Å². The van der Waals surface area contributed by atoms with Crippen LogP contribution >= 0.6 is 0 Å². The van der Waals surface area contributed by atoms with Crippen molar-refractivity contribution in [2.45, 2.75) is 39.7 Å². The number of rotatable bonds is 5. The van der Waals surface area contributed by atoms with Crippen LogP contribution in [-0.2, 0) is 16.1 Å². The van der Waals surface area contributed by atoms with E-state index >= 15 is 0 Å². The number of carbonyl (C=O) groups excluding carboxylic acids is 1. The fourth-order valence-corrected chi connectivity index (χ4v) is 2.99. The van der Waals surface area contributed by atoms with Gasteiger partial charge < -0.3 is 4.74 Å². The van der Waals surface area contributed by atoms with Gasteiger partial charge >= 0.3 is 5.97 Å². The molecule has 1 aromatic rings. The van der Waals surface area contributed by atoms with Gasteiger partial charge in [-0.25, -0.2) is 0 Å². The van der Waals surface area contributed by atoms with Crippen LogP contribution in [0, 0.1) is 12.8 Å². The zero-order chi connectivity index (χ0) is 14.4. The van der Waals surface area contributed by atoms with Crippen LogP contribution in [0.3, 0.4) is 0 Å². The van der Waals surface area contributed by atoms with E-state index in [1.807, 2.05) is 6.92 Å². The third-order valence-electron chi connectivity index (χ3n) is 3.85. The van der Waals surface area contributed by atoms with E-state index in [0.717, 1.165) is 26.1 Å². The first-order valence-corrected chi connectivity index (χ1v) is 7.61. The van der Waals surface area contributed by atoms with Crippen molar-refractivity contribution in [2.24, 2.45) is 5.92 Å². The third kappa shape index (κ3) is 4.64. The lowest BCUT2D eigenvalue weighted by Gasteiger charge is -2.32. The van der Waals surface area contributed by atoms with Gasteiger partial charge in [-0.2, -0.15) is 0 Å². The van der Waals surface area contributed by atoms with E-state index < -0.39 is 0 Å². The number of benzene rings is 1. The van der Waals surface area contributed by atoms with Crippen LogP contribution in [-0.4, -0.2) is 30.6 Å². The zero-order valence-electron chi connectivity index (χ0n) is 12.6. The molecule has 2 rings (SSSR count). The van der Waals surface area contributed by atoms with Crippen LogP contribution in [0.2, 0.25) is 0 Å². The summed E-state index contributed by atoms with van der Waals surface area (Å²) < 4.78 is 5.06. The van der Waals surface area contributed by atoms with Crippen LogP contribution < -0.4 is 0 Å². The minimum atomic E-state index is -0.0464. The average molecular weight is 275 g/mol. The van der Waals surface area contributed by atoms with Crippen molar-refractivity contribution in [3.63, 3.8) is 0 Å². The Morgan fingerprint density at radius 2 is 2.30 bits per heavy atom. The summed E-state index contributed by atoms with van der Waals surface area (Å²) in [6.45, 7) is 7.60. The molecule has 1 fully saturated rings. The largest absolute Gasteiger partial charge is 0.466 e. The maximum Gasteiger partial charge on any atom is 0.306 e. The first-order chi connectivity index (χ1) is 9.67. The van der Waals surface area contributed by atoms with Gasteiger partial charge in [0.1, 0.15) is 0 Å². The summed E-state index contributed by atoms with van der Waals surface area (Å²) in [5.74, 6) is 0.405. The summed E-state index contributed by atoms with van der Waals surface area (Å²) in [6, 6.07) is 8.67. The van der Waals surface area contributed by atoms with Gasteiger partial charge in [0.15, 0.2) is 0 Å². The topological polar surface area (TPSA) is 29.5 Å². The number of hydrogen-bond donors (Lipinski definition) is 0. The Morgan fingerprint density at radius 1 is 1.45 bits per heavy atom. The molecule has 1 heterocycles. The van der Waals surface area contributed by atoms with Crippen LogP contribution in [0.1, 0.15) is 37.3 Å². The van der Waals surface area contributed by atoms with Crippen molar-refractivity contribution < 1.29 is 9.53 Å². The Kier molecular flexibility index (Phi) is 5.60. The summed E-state index contributed by atoms with van der Waals surface area (Å²) in [6.07, 6.45) is 2.89.